The highest BCUT2D eigenvalue weighted by molar-refractivity contribution is 6.07. The molecule has 0 aromatic heterocycles. The topological polar surface area (TPSA) is 71.4 Å². The van der Waals surface area contributed by atoms with Gasteiger partial charge in [0.25, 0.3) is 0 Å². The molecule has 0 spiro atoms. The van der Waals surface area contributed by atoms with Crippen molar-refractivity contribution in [1.29, 1.82) is 0 Å². The van der Waals surface area contributed by atoms with Crippen LogP contribution in [0, 0.1) is 0 Å². The predicted molar refractivity (Wildman–Crippen MR) is 78.5 cm³/mol. The van der Waals surface area contributed by atoms with Crippen molar-refractivity contribution in [2.75, 3.05) is 0 Å². The van der Waals surface area contributed by atoms with Crippen LogP contribution in [-0.4, -0.2) is 22.6 Å². The summed E-state index contributed by atoms with van der Waals surface area (Å²) >= 11 is 0. The minimum atomic E-state index is -0.966. The van der Waals surface area contributed by atoms with E-state index in [-0.39, 0.29) is 23.6 Å². The number of carboxylic acids is 1. The Morgan fingerprint density at radius 1 is 0.810 bits per heavy atom. The molecule has 106 valence electrons. The molecule has 0 aliphatic heterocycles. The van der Waals surface area contributed by atoms with Gasteiger partial charge < -0.3 is 5.11 Å². The molecule has 0 aliphatic rings. The van der Waals surface area contributed by atoms with Crippen molar-refractivity contribution in [2.24, 2.45) is 0 Å². The molecular formula is C17H14O4. The molecular weight excluding hydrogens is 268 g/mol. The molecule has 2 rings (SSSR count). The fraction of sp³-hybridized carbons (Fsp3) is 0.118. The number of benzene rings is 2. The van der Waals surface area contributed by atoms with Gasteiger partial charge in [0.15, 0.2) is 5.78 Å². The van der Waals surface area contributed by atoms with Gasteiger partial charge in [-0.15, -0.1) is 0 Å². The summed E-state index contributed by atoms with van der Waals surface area (Å²) in [7, 11) is 0. The number of rotatable bonds is 5. The Bertz CT molecular complexity index is 682. The molecule has 1 N–H and O–H groups in total. The van der Waals surface area contributed by atoms with Gasteiger partial charge in [0.2, 0.25) is 0 Å². The summed E-state index contributed by atoms with van der Waals surface area (Å²) in [6, 6.07) is 13.4. The predicted octanol–water partition coefficient (Wildman–Crippen LogP) is 3.21. The number of aromatic carboxylic acids is 1. The summed E-state index contributed by atoms with van der Waals surface area (Å²) in [6.07, 6.45) is -0.0906. The van der Waals surface area contributed by atoms with E-state index in [4.69, 9.17) is 5.11 Å². The Balaban J connectivity index is 2.20. The van der Waals surface area contributed by atoms with E-state index in [1.807, 2.05) is 0 Å². The number of Topliss-reactive ketones (excluding diaryl/α,β-unsaturated/α-hetero) is 2. The Labute approximate surface area is 122 Å². The van der Waals surface area contributed by atoms with E-state index in [9.17, 15) is 14.4 Å². The van der Waals surface area contributed by atoms with Gasteiger partial charge in [0.05, 0.1) is 12.0 Å². The van der Waals surface area contributed by atoms with Gasteiger partial charge in [-0.25, -0.2) is 4.79 Å². The highest BCUT2D eigenvalue weighted by atomic mass is 16.4. The van der Waals surface area contributed by atoms with Crippen LogP contribution in [0.3, 0.4) is 0 Å². The molecule has 2 aromatic carbocycles. The average molecular weight is 282 g/mol. The van der Waals surface area contributed by atoms with E-state index < -0.39 is 5.97 Å². The van der Waals surface area contributed by atoms with Gasteiger partial charge in [-0.05, 0) is 30.2 Å². The fourth-order valence-corrected chi connectivity index (χ4v) is 1.98. The first-order chi connectivity index (χ1) is 9.97. The third-order valence-corrected chi connectivity index (χ3v) is 3.08. The Morgan fingerprint density at radius 2 is 1.24 bits per heavy atom. The SMILES string of the molecule is CC(=O)CC(=O)c1ccc(-c2ccc(C(=O)O)cc2)cc1. The zero-order valence-corrected chi connectivity index (χ0v) is 11.5. The first-order valence-electron chi connectivity index (χ1n) is 6.44. The summed E-state index contributed by atoms with van der Waals surface area (Å²) in [5, 5.41) is 8.85. The molecule has 0 aliphatic carbocycles. The monoisotopic (exact) mass is 282 g/mol. The maximum absolute atomic E-state index is 11.7. The fourth-order valence-electron chi connectivity index (χ4n) is 1.98. The first-order valence-corrected chi connectivity index (χ1v) is 6.44. The van der Waals surface area contributed by atoms with Gasteiger partial charge in [-0.3, -0.25) is 9.59 Å². The number of carbonyl (C=O) groups excluding carboxylic acids is 2. The van der Waals surface area contributed by atoms with Crippen molar-refractivity contribution >= 4 is 17.5 Å². The minimum absolute atomic E-state index is 0.0906. The lowest BCUT2D eigenvalue weighted by atomic mass is 10.00. The van der Waals surface area contributed by atoms with E-state index >= 15 is 0 Å². The molecule has 4 nitrogen and oxygen atoms in total. The second-order valence-electron chi connectivity index (χ2n) is 4.76. The largest absolute Gasteiger partial charge is 0.478 e. The van der Waals surface area contributed by atoms with Crippen molar-refractivity contribution in [3.8, 4) is 11.1 Å². The minimum Gasteiger partial charge on any atom is -0.478 e. The highest BCUT2D eigenvalue weighted by Crippen LogP contribution is 2.21. The van der Waals surface area contributed by atoms with Crippen LogP contribution in [0.15, 0.2) is 48.5 Å². The van der Waals surface area contributed by atoms with Crippen LogP contribution in [0.4, 0.5) is 0 Å². The van der Waals surface area contributed by atoms with Crippen LogP contribution in [0.25, 0.3) is 11.1 Å². The quantitative estimate of drug-likeness (QED) is 0.675. The molecule has 0 fully saturated rings. The lowest BCUT2D eigenvalue weighted by molar-refractivity contribution is -0.116. The average Bonchev–Trinajstić information content (AvgIpc) is 2.47. The third kappa shape index (κ3) is 3.63. The molecule has 0 radical (unpaired) electrons. The van der Waals surface area contributed by atoms with Crippen molar-refractivity contribution in [2.45, 2.75) is 13.3 Å². The summed E-state index contributed by atoms with van der Waals surface area (Å²) in [5.41, 5.74) is 2.47. The maximum Gasteiger partial charge on any atom is 0.335 e. The van der Waals surface area contributed by atoms with Crippen molar-refractivity contribution < 1.29 is 19.5 Å². The highest BCUT2D eigenvalue weighted by Gasteiger charge is 2.09. The standard InChI is InChI=1S/C17H14O4/c1-11(18)10-16(19)14-6-2-12(3-7-14)13-4-8-15(9-5-13)17(20)21/h2-9H,10H2,1H3,(H,20,21). The summed E-state index contributed by atoms with van der Waals surface area (Å²) in [6.45, 7) is 1.39. The molecule has 0 heterocycles. The Kier molecular flexibility index (Phi) is 4.28. The van der Waals surface area contributed by atoms with Gasteiger partial charge in [-0.1, -0.05) is 36.4 Å². The zero-order chi connectivity index (χ0) is 15.4. The van der Waals surface area contributed by atoms with Gasteiger partial charge in [0.1, 0.15) is 5.78 Å². The molecule has 0 unspecified atom stereocenters. The van der Waals surface area contributed by atoms with Crippen LogP contribution in [-0.2, 0) is 4.79 Å². The van der Waals surface area contributed by atoms with Crippen LogP contribution in [0.1, 0.15) is 34.1 Å². The number of hydrogen-bond donors (Lipinski definition) is 1. The molecule has 0 saturated heterocycles. The van der Waals surface area contributed by atoms with Gasteiger partial charge in [0, 0.05) is 5.56 Å². The van der Waals surface area contributed by atoms with Gasteiger partial charge >= 0.3 is 5.97 Å². The molecule has 0 bridgehead atoms. The summed E-state index contributed by atoms with van der Waals surface area (Å²) in [5.74, 6) is -1.32. The number of carbonyl (C=O) groups is 3. The van der Waals surface area contributed by atoms with Crippen molar-refractivity contribution in [3.05, 3.63) is 59.7 Å². The summed E-state index contributed by atoms with van der Waals surface area (Å²) < 4.78 is 0. The second-order valence-corrected chi connectivity index (χ2v) is 4.76. The second kappa shape index (κ2) is 6.13. The van der Waals surface area contributed by atoms with E-state index in [2.05, 4.69) is 0 Å². The van der Waals surface area contributed by atoms with Crippen LogP contribution >= 0.6 is 0 Å². The number of hydrogen-bond acceptors (Lipinski definition) is 3. The maximum atomic E-state index is 11.7. The molecule has 21 heavy (non-hydrogen) atoms. The van der Waals surface area contributed by atoms with E-state index in [1.165, 1.54) is 19.1 Å². The van der Waals surface area contributed by atoms with Crippen LogP contribution in [0.5, 0.6) is 0 Å². The molecule has 0 atom stereocenters. The van der Waals surface area contributed by atoms with Crippen LogP contribution < -0.4 is 0 Å². The van der Waals surface area contributed by atoms with Crippen LogP contribution in [0.2, 0.25) is 0 Å². The van der Waals surface area contributed by atoms with E-state index in [1.54, 1.807) is 36.4 Å². The Morgan fingerprint density at radius 3 is 1.62 bits per heavy atom. The van der Waals surface area contributed by atoms with E-state index in [0.717, 1.165) is 11.1 Å². The molecule has 4 heteroatoms. The smallest absolute Gasteiger partial charge is 0.335 e. The lowest BCUT2D eigenvalue weighted by Gasteiger charge is -2.04. The Hall–Kier alpha value is -2.75. The zero-order valence-electron chi connectivity index (χ0n) is 11.5. The van der Waals surface area contributed by atoms with E-state index in [0.29, 0.717) is 5.56 Å². The van der Waals surface area contributed by atoms with Crippen molar-refractivity contribution in [3.63, 3.8) is 0 Å². The lowest BCUT2D eigenvalue weighted by Crippen LogP contribution is -2.04. The first kappa shape index (κ1) is 14.7. The molecule has 0 saturated carbocycles. The van der Waals surface area contributed by atoms with Crippen molar-refractivity contribution in [1.82, 2.24) is 0 Å². The normalized spacial score (nSPS) is 10.1. The van der Waals surface area contributed by atoms with Gasteiger partial charge in [-0.2, -0.15) is 0 Å². The summed E-state index contributed by atoms with van der Waals surface area (Å²) in [4.78, 5) is 33.5. The number of carboxylic acid groups (broad SMARTS) is 1. The third-order valence-electron chi connectivity index (χ3n) is 3.08. The molecule has 0 amide bonds. The molecule has 2 aromatic rings. The number of ketones is 2.